The molecule has 1 N–H and O–H groups in total. The van der Waals surface area contributed by atoms with Gasteiger partial charge in [-0.15, -0.1) is 0 Å². The first-order valence-electron chi connectivity index (χ1n) is 8.52. The second kappa shape index (κ2) is 7.40. The van der Waals surface area contributed by atoms with E-state index in [-0.39, 0.29) is 16.5 Å². The standard InChI is InChI=1S/C19H20N2O5S/c1-3-26-15-10-8-14(9-11-15)13(2)20-18(22)12-21-19(23)16-6-4-5-7-17(16)27(21,24)25/h4-11,13H,3,12H2,1-2H3,(H,20,22). The topological polar surface area (TPSA) is 92.8 Å². The fourth-order valence-corrected chi connectivity index (χ4v) is 4.43. The quantitative estimate of drug-likeness (QED) is 0.818. The Hall–Kier alpha value is -2.87. The maximum absolute atomic E-state index is 12.5. The third kappa shape index (κ3) is 3.66. The Morgan fingerprint density at radius 1 is 1.15 bits per heavy atom. The zero-order chi connectivity index (χ0) is 19.6. The summed E-state index contributed by atoms with van der Waals surface area (Å²) in [5.74, 6) is -0.512. The molecule has 0 radical (unpaired) electrons. The Balaban J connectivity index is 1.68. The highest BCUT2D eigenvalue weighted by atomic mass is 32.2. The number of carbonyl (C=O) groups excluding carboxylic acids is 2. The lowest BCUT2D eigenvalue weighted by Gasteiger charge is -2.18. The second-order valence-corrected chi connectivity index (χ2v) is 7.93. The zero-order valence-corrected chi connectivity index (χ0v) is 15.8. The van der Waals surface area contributed by atoms with Crippen molar-refractivity contribution in [3.8, 4) is 5.75 Å². The Kier molecular flexibility index (Phi) is 5.18. The SMILES string of the molecule is CCOc1ccc(C(C)NC(=O)CN2C(=O)c3ccccc3S2(=O)=O)cc1. The number of fused-ring (bicyclic) bond motifs is 1. The van der Waals surface area contributed by atoms with Gasteiger partial charge in [-0.25, -0.2) is 12.7 Å². The third-order valence-electron chi connectivity index (χ3n) is 4.27. The molecule has 8 heteroatoms. The lowest BCUT2D eigenvalue weighted by atomic mass is 10.1. The lowest BCUT2D eigenvalue weighted by molar-refractivity contribution is -0.121. The van der Waals surface area contributed by atoms with Crippen molar-refractivity contribution in [3.05, 3.63) is 59.7 Å². The number of benzene rings is 2. The number of nitrogens with one attached hydrogen (secondary N) is 1. The molecule has 1 aliphatic heterocycles. The van der Waals surface area contributed by atoms with Gasteiger partial charge in [0.15, 0.2) is 0 Å². The number of hydrogen-bond acceptors (Lipinski definition) is 5. The normalized spacial score (nSPS) is 15.9. The number of sulfonamides is 1. The van der Waals surface area contributed by atoms with Crippen molar-refractivity contribution in [1.29, 1.82) is 0 Å². The molecule has 3 rings (SSSR count). The van der Waals surface area contributed by atoms with Gasteiger partial charge in [-0.05, 0) is 43.7 Å². The highest BCUT2D eigenvalue weighted by Gasteiger charge is 2.41. The van der Waals surface area contributed by atoms with E-state index in [9.17, 15) is 18.0 Å². The van der Waals surface area contributed by atoms with Crippen LogP contribution in [-0.4, -0.2) is 37.7 Å². The predicted octanol–water partition coefficient (Wildman–Crippen LogP) is 2.11. The summed E-state index contributed by atoms with van der Waals surface area (Å²) >= 11 is 0. The molecular formula is C19H20N2O5S. The number of amides is 2. The van der Waals surface area contributed by atoms with Crippen molar-refractivity contribution >= 4 is 21.8 Å². The van der Waals surface area contributed by atoms with E-state index in [0.29, 0.717) is 10.9 Å². The number of ether oxygens (including phenoxy) is 1. The van der Waals surface area contributed by atoms with Gasteiger partial charge in [0.05, 0.1) is 18.2 Å². The molecule has 1 aliphatic rings. The van der Waals surface area contributed by atoms with Crippen LogP contribution in [0.15, 0.2) is 53.4 Å². The summed E-state index contributed by atoms with van der Waals surface area (Å²) in [6.45, 7) is 3.68. The fourth-order valence-electron chi connectivity index (χ4n) is 2.91. The molecule has 27 heavy (non-hydrogen) atoms. The molecule has 1 heterocycles. The number of nitrogens with zero attached hydrogens (tertiary/aromatic N) is 1. The Bertz CT molecular complexity index is 970. The molecule has 1 atom stereocenters. The molecule has 0 spiro atoms. The van der Waals surface area contributed by atoms with E-state index in [1.807, 2.05) is 19.1 Å². The molecule has 0 bridgehead atoms. The van der Waals surface area contributed by atoms with Crippen molar-refractivity contribution < 1.29 is 22.7 Å². The molecule has 0 saturated carbocycles. The van der Waals surface area contributed by atoms with E-state index in [2.05, 4.69) is 5.32 Å². The molecule has 1 unspecified atom stereocenters. The van der Waals surface area contributed by atoms with E-state index >= 15 is 0 Å². The fraction of sp³-hybridized carbons (Fsp3) is 0.263. The highest BCUT2D eigenvalue weighted by Crippen LogP contribution is 2.29. The van der Waals surface area contributed by atoms with Crippen LogP contribution in [0.1, 0.15) is 35.8 Å². The van der Waals surface area contributed by atoms with Crippen LogP contribution in [0.25, 0.3) is 0 Å². The molecule has 0 aliphatic carbocycles. The molecule has 0 aromatic heterocycles. The summed E-state index contributed by atoms with van der Waals surface area (Å²) in [7, 11) is -4.00. The van der Waals surface area contributed by atoms with Crippen molar-refractivity contribution in [3.63, 3.8) is 0 Å². The maximum Gasteiger partial charge on any atom is 0.269 e. The summed E-state index contributed by atoms with van der Waals surface area (Å²) in [5, 5.41) is 2.72. The van der Waals surface area contributed by atoms with Crippen LogP contribution in [0.2, 0.25) is 0 Å². The van der Waals surface area contributed by atoms with Gasteiger partial charge in [0.2, 0.25) is 5.91 Å². The first kappa shape index (κ1) is 18.9. The highest BCUT2D eigenvalue weighted by molar-refractivity contribution is 7.90. The van der Waals surface area contributed by atoms with Crippen LogP contribution in [0, 0.1) is 0 Å². The lowest BCUT2D eigenvalue weighted by Crippen LogP contribution is -2.41. The largest absolute Gasteiger partial charge is 0.494 e. The minimum Gasteiger partial charge on any atom is -0.494 e. The monoisotopic (exact) mass is 388 g/mol. The Morgan fingerprint density at radius 2 is 1.81 bits per heavy atom. The smallest absolute Gasteiger partial charge is 0.269 e. The molecule has 2 aromatic rings. The van der Waals surface area contributed by atoms with Crippen LogP contribution < -0.4 is 10.1 Å². The van der Waals surface area contributed by atoms with Crippen molar-refractivity contribution in [1.82, 2.24) is 9.62 Å². The maximum atomic E-state index is 12.5. The van der Waals surface area contributed by atoms with Crippen LogP contribution in [0.4, 0.5) is 0 Å². The van der Waals surface area contributed by atoms with Crippen molar-refractivity contribution in [2.45, 2.75) is 24.8 Å². The average molecular weight is 388 g/mol. The van der Waals surface area contributed by atoms with Gasteiger partial charge in [0.1, 0.15) is 17.2 Å². The number of hydrogen-bond donors (Lipinski definition) is 1. The van der Waals surface area contributed by atoms with E-state index in [0.717, 1.165) is 11.3 Å². The minimum absolute atomic E-state index is 0.0673. The minimum atomic E-state index is -4.00. The van der Waals surface area contributed by atoms with E-state index in [4.69, 9.17) is 4.74 Å². The molecule has 7 nitrogen and oxygen atoms in total. The van der Waals surface area contributed by atoms with Gasteiger partial charge in [0.25, 0.3) is 15.9 Å². The molecule has 2 aromatic carbocycles. The summed E-state index contributed by atoms with van der Waals surface area (Å²) in [6.07, 6.45) is 0. The first-order valence-corrected chi connectivity index (χ1v) is 9.97. The summed E-state index contributed by atoms with van der Waals surface area (Å²) in [4.78, 5) is 24.6. The molecule has 142 valence electrons. The summed E-state index contributed by atoms with van der Waals surface area (Å²) < 4.78 is 31.0. The molecular weight excluding hydrogens is 368 g/mol. The third-order valence-corrected chi connectivity index (χ3v) is 6.05. The van der Waals surface area contributed by atoms with Crippen LogP contribution in [-0.2, 0) is 14.8 Å². The second-order valence-electron chi connectivity index (χ2n) is 6.10. The van der Waals surface area contributed by atoms with Gasteiger partial charge in [0, 0.05) is 0 Å². The predicted molar refractivity (Wildman–Crippen MR) is 98.8 cm³/mol. The first-order chi connectivity index (χ1) is 12.8. The van der Waals surface area contributed by atoms with Gasteiger partial charge in [-0.2, -0.15) is 0 Å². The summed E-state index contributed by atoms with van der Waals surface area (Å²) in [6, 6.07) is 12.8. The number of carbonyl (C=O) groups is 2. The average Bonchev–Trinajstić information content (AvgIpc) is 2.84. The van der Waals surface area contributed by atoms with Crippen molar-refractivity contribution in [2.75, 3.05) is 13.2 Å². The molecule has 0 saturated heterocycles. The zero-order valence-electron chi connectivity index (χ0n) is 15.0. The summed E-state index contributed by atoms with van der Waals surface area (Å²) in [5.41, 5.74) is 0.926. The van der Waals surface area contributed by atoms with E-state index < -0.39 is 28.4 Å². The van der Waals surface area contributed by atoms with Gasteiger partial charge in [-0.1, -0.05) is 24.3 Å². The van der Waals surface area contributed by atoms with E-state index in [1.54, 1.807) is 31.2 Å². The van der Waals surface area contributed by atoms with Gasteiger partial charge >= 0.3 is 0 Å². The van der Waals surface area contributed by atoms with E-state index in [1.165, 1.54) is 12.1 Å². The Morgan fingerprint density at radius 3 is 2.44 bits per heavy atom. The molecule has 0 fully saturated rings. The van der Waals surface area contributed by atoms with Gasteiger partial charge in [-0.3, -0.25) is 9.59 Å². The van der Waals surface area contributed by atoms with Gasteiger partial charge < -0.3 is 10.1 Å². The number of rotatable bonds is 6. The van der Waals surface area contributed by atoms with Crippen LogP contribution in [0.3, 0.4) is 0 Å². The molecule has 2 amide bonds. The van der Waals surface area contributed by atoms with Crippen molar-refractivity contribution in [2.24, 2.45) is 0 Å². The Labute approximate surface area is 158 Å². The van der Waals surface area contributed by atoms with Crippen LogP contribution in [0.5, 0.6) is 5.75 Å². The van der Waals surface area contributed by atoms with Crippen LogP contribution >= 0.6 is 0 Å².